The monoisotopic (exact) mass is 427 g/mol. The second-order valence-corrected chi connectivity index (χ2v) is 8.54. The lowest BCUT2D eigenvalue weighted by molar-refractivity contribution is -0.385. The SMILES string of the molecule is CCCn1nc(C)c(C(=O)c2ccc([N+](=O)[O-])c(C(C)=C(C)C)c2C)c1OCC(C)C. The van der Waals surface area contributed by atoms with Crippen LogP contribution in [0, 0.1) is 29.9 Å². The van der Waals surface area contributed by atoms with Gasteiger partial charge in [0.15, 0.2) is 0 Å². The van der Waals surface area contributed by atoms with Crippen molar-refractivity contribution in [2.24, 2.45) is 5.92 Å². The minimum absolute atomic E-state index is 0.00225. The molecule has 0 bridgehead atoms. The van der Waals surface area contributed by atoms with Gasteiger partial charge in [-0.25, -0.2) is 4.68 Å². The summed E-state index contributed by atoms with van der Waals surface area (Å²) in [4.78, 5) is 24.9. The normalized spacial score (nSPS) is 11.0. The molecular weight excluding hydrogens is 394 g/mol. The summed E-state index contributed by atoms with van der Waals surface area (Å²) in [5, 5.41) is 16.2. The highest BCUT2D eigenvalue weighted by Crippen LogP contribution is 2.35. The maximum Gasteiger partial charge on any atom is 0.277 e. The van der Waals surface area contributed by atoms with Crippen molar-refractivity contribution in [2.75, 3.05) is 6.61 Å². The first kappa shape index (κ1) is 24.3. The molecule has 0 radical (unpaired) electrons. The van der Waals surface area contributed by atoms with E-state index in [0.717, 1.165) is 17.6 Å². The maximum absolute atomic E-state index is 13.7. The Balaban J connectivity index is 2.71. The number of hydrogen-bond donors (Lipinski definition) is 0. The Morgan fingerprint density at radius 2 is 1.84 bits per heavy atom. The number of ketones is 1. The third-order valence-electron chi connectivity index (χ3n) is 5.31. The molecule has 0 aliphatic rings. The van der Waals surface area contributed by atoms with Gasteiger partial charge in [0.05, 0.1) is 22.8 Å². The van der Waals surface area contributed by atoms with Crippen molar-refractivity contribution < 1.29 is 14.5 Å². The molecule has 0 amide bonds. The number of rotatable bonds is 9. The third-order valence-corrected chi connectivity index (χ3v) is 5.31. The van der Waals surface area contributed by atoms with Crippen LogP contribution in [0.25, 0.3) is 5.57 Å². The van der Waals surface area contributed by atoms with Crippen molar-refractivity contribution in [1.82, 2.24) is 9.78 Å². The lowest BCUT2D eigenvalue weighted by Gasteiger charge is -2.15. The summed E-state index contributed by atoms with van der Waals surface area (Å²) in [6, 6.07) is 2.96. The molecule has 0 N–H and O–H groups in total. The summed E-state index contributed by atoms with van der Waals surface area (Å²) in [5.74, 6) is 0.534. The molecule has 1 heterocycles. The Morgan fingerprint density at radius 1 is 1.19 bits per heavy atom. The van der Waals surface area contributed by atoms with Gasteiger partial charge in [-0.2, -0.15) is 5.10 Å². The van der Waals surface area contributed by atoms with Gasteiger partial charge in [0.2, 0.25) is 11.7 Å². The molecule has 1 aromatic heterocycles. The van der Waals surface area contributed by atoms with Crippen LogP contribution in [0.3, 0.4) is 0 Å². The average Bonchev–Trinajstić information content (AvgIpc) is 2.99. The van der Waals surface area contributed by atoms with E-state index in [9.17, 15) is 14.9 Å². The molecule has 0 aliphatic carbocycles. The quantitative estimate of drug-likeness (QED) is 0.282. The fraction of sp³-hybridized carbons (Fsp3) is 0.500. The molecule has 0 saturated heterocycles. The second-order valence-electron chi connectivity index (χ2n) is 8.54. The van der Waals surface area contributed by atoms with Crippen LogP contribution in [0.5, 0.6) is 5.88 Å². The van der Waals surface area contributed by atoms with Gasteiger partial charge in [-0.3, -0.25) is 14.9 Å². The van der Waals surface area contributed by atoms with E-state index in [-0.39, 0.29) is 11.5 Å². The molecule has 2 aromatic rings. The van der Waals surface area contributed by atoms with Gasteiger partial charge in [0, 0.05) is 18.2 Å². The zero-order valence-corrected chi connectivity index (χ0v) is 19.8. The van der Waals surface area contributed by atoms with Crippen molar-refractivity contribution >= 4 is 17.0 Å². The number of nitrogens with zero attached hydrogens (tertiary/aromatic N) is 3. The molecule has 0 fully saturated rings. The molecule has 168 valence electrons. The van der Waals surface area contributed by atoms with Crippen LogP contribution < -0.4 is 4.74 Å². The number of aromatic nitrogens is 2. The summed E-state index contributed by atoms with van der Waals surface area (Å²) in [5.41, 5.74) is 4.30. The number of hydrogen-bond acceptors (Lipinski definition) is 5. The van der Waals surface area contributed by atoms with E-state index < -0.39 is 4.92 Å². The van der Waals surface area contributed by atoms with Gasteiger partial charge in [-0.05, 0) is 64.2 Å². The maximum atomic E-state index is 13.7. The molecule has 7 nitrogen and oxygen atoms in total. The highest BCUT2D eigenvalue weighted by atomic mass is 16.6. The Morgan fingerprint density at radius 3 is 2.35 bits per heavy atom. The first-order valence-corrected chi connectivity index (χ1v) is 10.7. The van der Waals surface area contributed by atoms with E-state index in [0.29, 0.717) is 52.9 Å². The summed E-state index contributed by atoms with van der Waals surface area (Å²) in [7, 11) is 0. The van der Waals surface area contributed by atoms with Gasteiger partial charge in [0.1, 0.15) is 5.56 Å². The molecule has 31 heavy (non-hydrogen) atoms. The fourth-order valence-corrected chi connectivity index (χ4v) is 3.53. The lowest BCUT2D eigenvalue weighted by atomic mass is 9.90. The van der Waals surface area contributed by atoms with Crippen molar-refractivity contribution in [1.29, 1.82) is 0 Å². The molecule has 0 saturated carbocycles. The van der Waals surface area contributed by atoms with E-state index in [1.54, 1.807) is 24.6 Å². The Bertz CT molecular complexity index is 1030. The Hall–Kier alpha value is -2.96. The van der Waals surface area contributed by atoms with Crippen LogP contribution in [0.4, 0.5) is 5.69 Å². The van der Waals surface area contributed by atoms with Crippen molar-refractivity contribution in [3.63, 3.8) is 0 Å². The summed E-state index contributed by atoms with van der Waals surface area (Å²) in [6.45, 7) is 16.5. The number of ether oxygens (including phenoxy) is 1. The van der Waals surface area contributed by atoms with Crippen molar-refractivity contribution in [3.8, 4) is 5.88 Å². The first-order valence-electron chi connectivity index (χ1n) is 10.7. The Kier molecular flexibility index (Phi) is 7.76. The molecule has 2 rings (SSSR count). The highest BCUT2D eigenvalue weighted by molar-refractivity contribution is 6.12. The van der Waals surface area contributed by atoms with Gasteiger partial charge in [-0.15, -0.1) is 0 Å². The Labute approximate surface area is 184 Å². The molecule has 0 atom stereocenters. The average molecular weight is 428 g/mol. The number of nitro groups is 1. The summed E-state index contributed by atoms with van der Waals surface area (Å²) < 4.78 is 7.77. The summed E-state index contributed by atoms with van der Waals surface area (Å²) >= 11 is 0. The standard InChI is InChI=1S/C24H33N3O4/c1-9-12-26-24(31-13-14(2)3)22(18(8)25-26)23(28)19-10-11-20(27(29)30)21(17(19)7)16(6)15(4)5/h10-11,14H,9,12-13H2,1-8H3. The van der Waals surface area contributed by atoms with E-state index in [4.69, 9.17) is 4.74 Å². The van der Waals surface area contributed by atoms with Crippen LogP contribution in [0.1, 0.15) is 80.7 Å². The fourth-order valence-electron chi connectivity index (χ4n) is 3.53. The number of carbonyl (C=O) groups is 1. The van der Waals surface area contributed by atoms with Gasteiger partial charge < -0.3 is 4.74 Å². The smallest absolute Gasteiger partial charge is 0.277 e. The number of nitro benzene ring substituents is 1. The van der Waals surface area contributed by atoms with Gasteiger partial charge in [-0.1, -0.05) is 26.3 Å². The van der Waals surface area contributed by atoms with E-state index >= 15 is 0 Å². The molecule has 0 unspecified atom stereocenters. The number of aryl methyl sites for hydroxylation is 2. The topological polar surface area (TPSA) is 87.3 Å². The van der Waals surface area contributed by atoms with Gasteiger partial charge in [0.25, 0.3) is 5.69 Å². The number of carbonyl (C=O) groups excluding carboxylic acids is 1. The lowest BCUT2D eigenvalue weighted by Crippen LogP contribution is -2.14. The van der Waals surface area contributed by atoms with E-state index in [1.165, 1.54) is 6.07 Å². The van der Waals surface area contributed by atoms with Crippen LogP contribution in [-0.2, 0) is 6.54 Å². The molecule has 1 aromatic carbocycles. The third kappa shape index (κ3) is 5.03. The van der Waals surface area contributed by atoms with Crippen LogP contribution in [-0.4, -0.2) is 27.1 Å². The number of benzene rings is 1. The van der Waals surface area contributed by atoms with E-state index in [2.05, 4.69) is 5.10 Å². The molecule has 0 aliphatic heterocycles. The summed E-state index contributed by atoms with van der Waals surface area (Å²) in [6.07, 6.45) is 0.854. The molecular formula is C24H33N3O4. The van der Waals surface area contributed by atoms with Crippen molar-refractivity contribution in [3.05, 3.63) is 55.8 Å². The highest BCUT2D eigenvalue weighted by Gasteiger charge is 2.28. The second kappa shape index (κ2) is 9.90. The van der Waals surface area contributed by atoms with Gasteiger partial charge >= 0.3 is 0 Å². The first-order chi connectivity index (χ1) is 14.5. The van der Waals surface area contributed by atoms with E-state index in [1.807, 2.05) is 41.5 Å². The van der Waals surface area contributed by atoms with Crippen LogP contribution >= 0.6 is 0 Å². The largest absolute Gasteiger partial charge is 0.477 e. The minimum atomic E-state index is -0.398. The zero-order chi connectivity index (χ0) is 23.5. The van der Waals surface area contributed by atoms with Crippen molar-refractivity contribution in [2.45, 2.75) is 68.4 Å². The van der Waals surface area contributed by atoms with Crippen LogP contribution in [0.15, 0.2) is 17.7 Å². The minimum Gasteiger partial charge on any atom is -0.477 e. The van der Waals surface area contributed by atoms with Crippen LogP contribution in [0.2, 0.25) is 0 Å². The zero-order valence-electron chi connectivity index (χ0n) is 19.8. The predicted octanol–water partition coefficient (Wildman–Crippen LogP) is 5.90. The molecule has 0 spiro atoms. The number of allylic oxidation sites excluding steroid dienone is 2. The predicted molar refractivity (Wildman–Crippen MR) is 123 cm³/mol. The molecule has 7 heteroatoms.